The predicted molar refractivity (Wildman–Crippen MR) is 158 cm³/mol. The minimum absolute atomic E-state index is 0.0907. The molecule has 1 aliphatic carbocycles. The van der Waals surface area contributed by atoms with Crippen molar-refractivity contribution in [3.05, 3.63) is 100 Å². The zero-order chi connectivity index (χ0) is 30.2. The highest BCUT2D eigenvalue weighted by molar-refractivity contribution is 6.07. The molecule has 0 spiro atoms. The number of nitrogens with zero attached hydrogens (tertiary/aromatic N) is 1. The number of ether oxygens (including phenoxy) is 4. The van der Waals surface area contributed by atoms with Crippen LogP contribution in [-0.2, 0) is 20.7 Å². The molecule has 1 unspecified atom stereocenters. The molecule has 4 aromatic rings. The van der Waals surface area contributed by atoms with Crippen molar-refractivity contribution in [2.45, 2.75) is 25.8 Å². The first kappa shape index (κ1) is 27.3. The van der Waals surface area contributed by atoms with Gasteiger partial charge in [0.1, 0.15) is 18.4 Å². The predicted octanol–water partition coefficient (Wildman–Crippen LogP) is 5.07. The lowest BCUT2D eigenvalue weighted by Crippen LogP contribution is -2.47. The first-order valence-electron chi connectivity index (χ1n) is 14.2. The largest absolute Gasteiger partial charge is 0.467 e. The average Bonchev–Trinajstić information content (AvgIpc) is 3.80. The number of nitrogens with one attached hydrogen (secondary N) is 2. The van der Waals surface area contributed by atoms with E-state index in [0.717, 1.165) is 22.4 Å². The van der Waals surface area contributed by atoms with E-state index in [1.807, 2.05) is 48.5 Å². The van der Waals surface area contributed by atoms with E-state index in [0.29, 0.717) is 46.6 Å². The Hall–Kier alpha value is -5.58. The number of urea groups is 1. The first-order chi connectivity index (χ1) is 21.5. The summed E-state index contributed by atoms with van der Waals surface area (Å²) < 4.78 is 27.5. The van der Waals surface area contributed by atoms with Crippen LogP contribution in [0.25, 0.3) is 22.6 Å². The molecular weight excluding hydrogens is 566 g/mol. The summed E-state index contributed by atoms with van der Waals surface area (Å²) in [5, 5.41) is 5.95. The molecule has 3 aliphatic rings. The van der Waals surface area contributed by atoms with Crippen LogP contribution in [0.1, 0.15) is 52.3 Å². The van der Waals surface area contributed by atoms with Crippen molar-refractivity contribution >= 4 is 40.5 Å². The Balaban J connectivity index is 1.24. The molecule has 2 aromatic heterocycles. The molecule has 1 atom stereocenters. The van der Waals surface area contributed by atoms with Gasteiger partial charge >= 0.3 is 18.0 Å². The highest BCUT2D eigenvalue weighted by atomic mass is 16.7. The molecule has 2 N–H and O–H groups in total. The molecule has 2 aliphatic heterocycles. The molecule has 0 radical (unpaired) electrons. The summed E-state index contributed by atoms with van der Waals surface area (Å²) in [6.07, 6.45) is 4.75. The van der Waals surface area contributed by atoms with E-state index >= 15 is 0 Å². The lowest BCUT2D eigenvalue weighted by Gasteiger charge is -2.27. The summed E-state index contributed by atoms with van der Waals surface area (Å²) in [5.41, 5.74) is 4.68. The number of benzene rings is 2. The van der Waals surface area contributed by atoms with E-state index in [-0.39, 0.29) is 31.3 Å². The van der Waals surface area contributed by atoms with Crippen molar-refractivity contribution in [3.8, 4) is 11.5 Å². The number of amides is 2. The van der Waals surface area contributed by atoms with Gasteiger partial charge in [0.25, 0.3) is 0 Å². The van der Waals surface area contributed by atoms with Crippen LogP contribution >= 0.6 is 0 Å². The summed E-state index contributed by atoms with van der Waals surface area (Å²) in [7, 11) is 0. The fourth-order valence-electron chi connectivity index (χ4n) is 5.78. The van der Waals surface area contributed by atoms with Gasteiger partial charge in [0.2, 0.25) is 6.79 Å². The Morgan fingerprint density at radius 2 is 1.89 bits per heavy atom. The minimum Gasteiger partial charge on any atom is -0.467 e. The van der Waals surface area contributed by atoms with Gasteiger partial charge < -0.3 is 34.0 Å². The van der Waals surface area contributed by atoms with E-state index in [9.17, 15) is 14.4 Å². The van der Waals surface area contributed by atoms with E-state index in [2.05, 4.69) is 10.6 Å². The van der Waals surface area contributed by atoms with Crippen LogP contribution in [0.2, 0.25) is 0 Å². The molecule has 2 aromatic carbocycles. The first-order valence-corrected chi connectivity index (χ1v) is 14.2. The van der Waals surface area contributed by atoms with Crippen LogP contribution < -0.4 is 20.1 Å². The Morgan fingerprint density at radius 3 is 2.73 bits per heavy atom. The second-order valence-electron chi connectivity index (χ2n) is 10.3. The summed E-state index contributed by atoms with van der Waals surface area (Å²) in [4.78, 5) is 44.4. The molecule has 222 valence electrons. The number of furan rings is 1. The van der Waals surface area contributed by atoms with Crippen molar-refractivity contribution in [1.29, 1.82) is 0 Å². The maximum absolute atomic E-state index is 13.9. The lowest BCUT2D eigenvalue weighted by molar-refractivity contribution is -0.139. The van der Waals surface area contributed by atoms with Gasteiger partial charge in [0, 0.05) is 5.39 Å². The van der Waals surface area contributed by atoms with Crippen LogP contribution in [0.15, 0.2) is 76.5 Å². The molecule has 0 saturated heterocycles. The van der Waals surface area contributed by atoms with Crippen LogP contribution in [0.3, 0.4) is 0 Å². The summed E-state index contributed by atoms with van der Waals surface area (Å²) in [6, 6.07) is 14.9. The van der Waals surface area contributed by atoms with Crippen LogP contribution in [0.5, 0.6) is 11.5 Å². The highest BCUT2D eigenvalue weighted by Crippen LogP contribution is 2.39. The number of para-hydroxylation sites is 1. The van der Waals surface area contributed by atoms with Crippen molar-refractivity contribution in [1.82, 2.24) is 15.6 Å². The number of hydrogen-bond donors (Lipinski definition) is 2. The minimum atomic E-state index is -0.915. The van der Waals surface area contributed by atoms with Crippen molar-refractivity contribution in [2.24, 2.45) is 0 Å². The summed E-state index contributed by atoms with van der Waals surface area (Å²) in [5.74, 6) is 0.466. The fraction of sp³-hybridized carbons (Fsp3) is 0.212. The molecule has 11 heteroatoms. The van der Waals surface area contributed by atoms with Crippen molar-refractivity contribution in [3.63, 3.8) is 0 Å². The molecule has 0 bridgehead atoms. The van der Waals surface area contributed by atoms with Crippen LogP contribution in [0.4, 0.5) is 4.79 Å². The third-order valence-corrected chi connectivity index (χ3v) is 7.71. The van der Waals surface area contributed by atoms with Gasteiger partial charge in [-0.1, -0.05) is 24.3 Å². The quantitative estimate of drug-likeness (QED) is 0.281. The van der Waals surface area contributed by atoms with Gasteiger partial charge in [-0.3, -0.25) is 0 Å². The maximum atomic E-state index is 13.9. The normalized spacial score (nSPS) is 17.8. The number of carbonyl (C=O) groups excluding carboxylic acids is 3. The Kier molecular flexibility index (Phi) is 6.97. The van der Waals surface area contributed by atoms with E-state index in [4.69, 9.17) is 28.3 Å². The molecule has 2 amide bonds. The molecule has 0 fully saturated rings. The Labute approximate surface area is 251 Å². The number of esters is 2. The van der Waals surface area contributed by atoms with Crippen molar-refractivity contribution < 1.29 is 37.7 Å². The van der Waals surface area contributed by atoms with Gasteiger partial charge in [0.05, 0.1) is 40.9 Å². The fourth-order valence-corrected chi connectivity index (χ4v) is 5.78. The second-order valence-corrected chi connectivity index (χ2v) is 10.3. The molecular formula is C33H27N3O8. The lowest BCUT2D eigenvalue weighted by atomic mass is 10.00. The van der Waals surface area contributed by atoms with Gasteiger partial charge in [0.15, 0.2) is 11.5 Å². The zero-order valence-electron chi connectivity index (χ0n) is 23.7. The highest BCUT2D eigenvalue weighted by Gasteiger charge is 2.36. The second kappa shape index (κ2) is 11.3. The molecule has 0 saturated carbocycles. The van der Waals surface area contributed by atoms with E-state index in [1.54, 1.807) is 19.1 Å². The van der Waals surface area contributed by atoms with Gasteiger partial charge in [-0.2, -0.15) is 0 Å². The number of pyridine rings is 1. The maximum Gasteiger partial charge on any atom is 0.339 e. The van der Waals surface area contributed by atoms with Crippen molar-refractivity contribution in [2.75, 3.05) is 20.0 Å². The van der Waals surface area contributed by atoms with Gasteiger partial charge in [-0.05, 0) is 72.9 Å². The number of carbonyl (C=O) groups is 3. The Bertz CT molecular complexity index is 1880. The SMILES string of the molecule is CCOC(=O)C1=C(COC(=O)c2c3c(nc4ccccc24)/C(=C\c2ccc4c(c2)OCO4)CC3)NC(=O)NC1c1ccco1. The van der Waals surface area contributed by atoms with Crippen LogP contribution in [-0.4, -0.2) is 43.0 Å². The molecule has 11 nitrogen and oxygen atoms in total. The monoisotopic (exact) mass is 593 g/mol. The summed E-state index contributed by atoms with van der Waals surface area (Å²) in [6.45, 7) is 1.62. The topological polar surface area (TPSA) is 138 Å². The summed E-state index contributed by atoms with van der Waals surface area (Å²) >= 11 is 0. The number of hydrogen-bond acceptors (Lipinski definition) is 9. The van der Waals surface area contributed by atoms with Crippen LogP contribution in [0, 0.1) is 0 Å². The Morgan fingerprint density at radius 1 is 1.02 bits per heavy atom. The average molecular weight is 594 g/mol. The zero-order valence-corrected chi connectivity index (χ0v) is 23.7. The molecule has 44 heavy (non-hydrogen) atoms. The standard InChI is InChI=1S/C33H27N3O8/c1-2-40-32(38)28-23(35-33(39)36-30(28)25-8-5-13-41-25)16-42-31(37)27-20-6-3-4-7-22(20)34-29-19(10-11-21(27)29)14-18-9-12-24-26(15-18)44-17-43-24/h3-9,12-15,30H,2,10-11,16-17H2,1H3,(H2,35,36,39)/b19-14-. The number of allylic oxidation sites excluding steroid dienone is 1. The molecule has 7 rings (SSSR count). The smallest absolute Gasteiger partial charge is 0.339 e. The number of rotatable bonds is 7. The van der Waals surface area contributed by atoms with Gasteiger partial charge in [-0.25, -0.2) is 19.4 Å². The van der Waals surface area contributed by atoms with E-state index < -0.39 is 24.0 Å². The molecule has 4 heterocycles. The van der Waals surface area contributed by atoms with Gasteiger partial charge in [-0.15, -0.1) is 0 Å². The third kappa shape index (κ3) is 4.91. The third-order valence-electron chi connectivity index (χ3n) is 7.71. The number of fused-ring (bicyclic) bond motifs is 3. The number of aromatic nitrogens is 1. The van der Waals surface area contributed by atoms with E-state index in [1.165, 1.54) is 6.26 Å².